The first-order valence-electron chi connectivity index (χ1n) is 7.11. The second-order valence-electron chi connectivity index (χ2n) is 5.26. The lowest BCUT2D eigenvalue weighted by Crippen LogP contribution is -2.12. The van der Waals surface area contributed by atoms with Crippen molar-refractivity contribution < 1.29 is 0 Å². The van der Waals surface area contributed by atoms with Gasteiger partial charge in [-0.05, 0) is 44.0 Å². The molecule has 3 rings (SSSR count). The van der Waals surface area contributed by atoms with Gasteiger partial charge >= 0.3 is 0 Å². The topological polar surface area (TPSA) is 41.1 Å². The third kappa shape index (κ3) is 2.33. The van der Waals surface area contributed by atoms with E-state index in [9.17, 15) is 0 Å². The molecule has 20 heavy (non-hydrogen) atoms. The van der Waals surface area contributed by atoms with Crippen LogP contribution in [0.15, 0.2) is 24.3 Å². The molecule has 1 aromatic heterocycles. The molecule has 1 N–H and O–H groups in total. The molecule has 0 aliphatic carbocycles. The molecule has 0 amide bonds. The van der Waals surface area contributed by atoms with E-state index in [0.717, 1.165) is 42.4 Å². The zero-order chi connectivity index (χ0) is 14.1. The molecule has 0 saturated carbocycles. The standard InChI is InChI=1S/C16H20N4/c1-4-17-15-9-11(2)18-16(19-15)13-5-6-14-12(10-13)7-8-20(14)3/h5-6,9-10H,4,7-8H2,1-3H3,(H,17,18,19). The lowest BCUT2D eigenvalue weighted by atomic mass is 10.1. The van der Waals surface area contributed by atoms with Crippen LogP contribution in [0.4, 0.5) is 11.5 Å². The van der Waals surface area contributed by atoms with E-state index in [1.54, 1.807) is 0 Å². The van der Waals surface area contributed by atoms with E-state index < -0.39 is 0 Å². The Labute approximate surface area is 119 Å². The Balaban J connectivity index is 2.01. The Morgan fingerprint density at radius 2 is 2.10 bits per heavy atom. The number of nitrogens with zero attached hydrogens (tertiary/aromatic N) is 3. The molecule has 0 fully saturated rings. The van der Waals surface area contributed by atoms with Crippen molar-refractivity contribution >= 4 is 11.5 Å². The molecule has 1 aliphatic heterocycles. The van der Waals surface area contributed by atoms with Crippen molar-refractivity contribution in [1.82, 2.24) is 9.97 Å². The largest absolute Gasteiger partial charge is 0.374 e. The molecule has 4 heteroatoms. The number of anilines is 2. The van der Waals surface area contributed by atoms with Gasteiger partial charge in [-0.3, -0.25) is 0 Å². The van der Waals surface area contributed by atoms with Gasteiger partial charge in [-0.1, -0.05) is 0 Å². The number of nitrogens with one attached hydrogen (secondary N) is 1. The maximum atomic E-state index is 4.60. The fraction of sp³-hybridized carbons (Fsp3) is 0.375. The van der Waals surface area contributed by atoms with Gasteiger partial charge in [-0.2, -0.15) is 0 Å². The van der Waals surface area contributed by atoms with Crippen molar-refractivity contribution in [2.24, 2.45) is 0 Å². The van der Waals surface area contributed by atoms with Crippen LogP contribution in [0.5, 0.6) is 0 Å². The summed E-state index contributed by atoms with van der Waals surface area (Å²) >= 11 is 0. The van der Waals surface area contributed by atoms with E-state index in [1.165, 1.54) is 11.3 Å². The molecule has 1 aromatic carbocycles. The minimum Gasteiger partial charge on any atom is -0.374 e. The maximum absolute atomic E-state index is 4.60. The first-order valence-corrected chi connectivity index (χ1v) is 7.11. The summed E-state index contributed by atoms with van der Waals surface area (Å²) in [6, 6.07) is 8.50. The molecule has 2 aromatic rings. The Morgan fingerprint density at radius 1 is 1.25 bits per heavy atom. The second-order valence-corrected chi connectivity index (χ2v) is 5.26. The molecule has 0 bridgehead atoms. The fourth-order valence-corrected chi connectivity index (χ4v) is 2.68. The third-order valence-corrected chi connectivity index (χ3v) is 3.68. The average Bonchev–Trinajstić information content (AvgIpc) is 2.80. The average molecular weight is 268 g/mol. The highest BCUT2D eigenvalue weighted by Crippen LogP contribution is 2.30. The van der Waals surface area contributed by atoms with E-state index >= 15 is 0 Å². The van der Waals surface area contributed by atoms with Crippen molar-refractivity contribution in [1.29, 1.82) is 0 Å². The summed E-state index contributed by atoms with van der Waals surface area (Å²) in [7, 11) is 2.14. The minimum atomic E-state index is 0.804. The summed E-state index contributed by atoms with van der Waals surface area (Å²) in [6.07, 6.45) is 1.10. The third-order valence-electron chi connectivity index (χ3n) is 3.68. The fourth-order valence-electron chi connectivity index (χ4n) is 2.68. The van der Waals surface area contributed by atoms with Crippen molar-refractivity contribution in [2.75, 3.05) is 30.4 Å². The van der Waals surface area contributed by atoms with Crippen molar-refractivity contribution in [3.05, 3.63) is 35.5 Å². The molecule has 0 spiro atoms. The predicted molar refractivity (Wildman–Crippen MR) is 83.3 cm³/mol. The summed E-state index contributed by atoms with van der Waals surface area (Å²) in [4.78, 5) is 11.5. The smallest absolute Gasteiger partial charge is 0.161 e. The predicted octanol–water partition coefficient (Wildman–Crippen LogP) is 2.88. The molecular formula is C16H20N4. The first-order chi connectivity index (χ1) is 9.67. The van der Waals surface area contributed by atoms with Crippen molar-refractivity contribution in [2.45, 2.75) is 20.3 Å². The summed E-state index contributed by atoms with van der Waals surface area (Å²) in [5, 5.41) is 3.26. The van der Waals surface area contributed by atoms with Crippen LogP contribution >= 0.6 is 0 Å². The van der Waals surface area contributed by atoms with Gasteiger partial charge < -0.3 is 10.2 Å². The molecule has 0 atom stereocenters. The van der Waals surface area contributed by atoms with Crippen LogP contribution in [0.25, 0.3) is 11.4 Å². The molecule has 0 saturated heterocycles. The number of hydrogen-bond donors (Lipinski definition) is 1. The molecule has 1 aliphatic rings. The summed E-state index contributed by atoms with van der Waals surface area (Å²) in [5.74, 6) is 1.70. The minimum absolute atomic E-state index is 0.804. The number of rotatable bonds is 3. The van der Waals surface area contributed by atoms with Gasteiger partial charge in [0, 0.05) is 43.1 Å². The second kappa shape index (κ2) is 5.12. The van der Waals surface area contributed by atoms with Gasteiger partial charge in [0.05, 0.1) is 0 Å². The van der Waals surface area contributed by atoms with Crippen LogP contribution in [-0.4, -0.2) is 30.1 Å². The lowest BCUT2D eigenvalue weighted by molar-refractivity contribution is 0.956. The van der Waals surface area contributed by atoms with Crippen molar-refractivity contribution in [3.8, 4) is 11.4 Å². The van der Waals surface area contributed by atoms with Gasteiger partial charge in [-0.15, -0.1) is 0 Å². The van der Waals surface area contributed by atoms with E-state index in [2.05, 4.69) is 52.4 Å². The van der Waals surface area contributed by atoms with Crippen LogP contribution in [0, 0.1) is 6.92 Å². The van der Waals surface area contributed by atoms with Gasteiger partial charge in [0.2, 0.25) is 0 Å². The van der Waals surface area contributed by atoms with E-state index in [1.807, 2.05) is 13.0 Å². The van der Waals surface area contributed by atoms with E-state index in [4.69, 9.17) is 0 Å². The molecule has 4 nitrogen and oxygen atoms in total. The van der Waals surface area contributed by atoms with Crippen molar-refractivity contribution in [3.63, 3.8) is 0 Å². The maximum Gasteiger partial charge on any atom is 0.161 e. The van der Waals surface area contributed by atoms with Crippen LogP contribution in [0.1, 0.15) is 18.2 Å². The Morgan fingerprint density at radius 3 is 2.90 bits per heavy atom. The highest BCUT2D eigenvalue weighted by atomic mass is 15.1. The highest BCUT2D eigenvalue weighted by molar-refractivity contribution is 5.67. The highest BCUT2D eigenvalue weighted by Gasteiger charge is 2.16. The van der Waals surface area contributed by atoms with E-state index in [0.29, 0.717) is 0 Å². The Bertz CT molecular complexity index is 636. The van der Waals surface area contributed by atoms with Gasteiger partial charge in [-0.25, -0.2) is 9.97 Å². The van der Waals surface area contributed by atoms with Gasteiger partial charge in [0.1, 0.15) is 5.82 Å². The summed E-state index contributed by atoms with van der Waals surface area (Å²) in [6.45, 7) is 6.04. The number of hydrogen-bond acceptors (Lipinski definition) is 4. The van der Waals surface area contributed by atoms with Gasteiger partial charge in [0.25, 0.3) is 0 Å². The van der Waals surface area contributed by atoms with Gasteiger partial charge in [0.15, 0.2) is 5.82 Å². The summed E-state index contributed by atoms with van der Waals surface area (Å²) < 4.78 is 0. The van der Waals surface area contributed by atoms with Crippen LogP contribution < -0.4 is 10.2 Å². The normalized spacial score (nSPS) is 13.4. The number of aromatic nitrogens is 2. The Hall–Kier alpha value is -2.10. The Kier molecular flexibility index (Phi) is 3.30. The zero-order valence-electron chi connectivity index (χ0n) is 12.3. The number of likely N-dealkylation sites (N-methyl/N-ethyl adjacent to an activating group) is 1. The van der Waals surface area contributed by atoms with E-state index in [-0.39, 0.29) is 0 Å². The molecule has 2 heterocycles. The monoisotopic (exact) mass is 268 g/mol. The van der Waals surface area contributed by atoms with Crippen LogP contribution in [0.3, 0.4) is 0 Å². The lowest BCUT2D eigenvalue weighted by Gasteiger charge is -2.12. The molecular weight excluding hydrogens is 248 g/mol. The zero-order valence-corrected chi connectivity index (χ0v) is 12.3. The quantitative estimate of drug-likeness (QED) is 0.929. The first kappa shape index (κ1) is 12.9. The van der Waals surface area contributed by atoms with Crippen LogP contribution in [0.2, 0.25) is 0 Å². The number of benzene rings is 1. The number of fused-ring (bicyclic) bond motifs is 1. The van der Waals surface area contributed by atoms with Crippen LogP contribution in [-0.2, 0) is 6.42 Å². The molecule has 0 radical (unpaired) electrons. The molecule has 104 valence electrons. The SMILES string of the molecule is CCNc1cc(C)nc(-c2ccc3c(c2)CCN3C)n1. The number of aryl methyl sites for hydroxylation is 1. The molecule has 0 unspecified atom stereocenters. The summed E-state index contributed by atoms with van der Waals surface area (Å²) in [5.41, 5.74) is 4.80.